The summed E-state index contributed by atoms with van der Waals surface area (Å²) in [6.07, 6.45) is 7.30. The molecule has 0 unspecified atom stereocenters. The maximum atomic E-state index is 5.10. The predicted molar refractivity (Wildman–Crippen MR) is 31.2 cm³/mol. The summed E-state index contributed by atoms with van der Waals surface area (Å²) in [5.41, 5.74) is 0. The Morgan fingerprint density at radius 2 is 1.75 bits per heavy atom. The summed E-state index contributed by atoms with van der Waals surface area (Å²) in [6.45, 7) is 0. The average Bonchev–Trinajstić information content (AvgIpc) is 2.15. The third-order valence-electron chi connectivity index (χ3n) is 0.943. The van der Waals surface area contributed by atoms with Crippen molar-refractivity contribution >= 4 is 18.5 Å². The number of hydrogen-bond acceptors (Lipinski definition) is 2. The Bertz CT molecular complexity index is 182. The van der Waals surface area contributed by atoms with Gasteiger partial charge in [-0.2, -0.15) is 0 Å². The Kier molecular flexibility index (Phi) is 0.801. The van der Waals surface area contributed by atoms with Crippen LogP contribution in [0.5, 0.6) is 0 Å². The second kappa shape index (κ2) is 1.47. The van der Waals surface area contributed by atoms with E-state index >= 15 is 0 Å². The molecule has 0 spiro atoms. The van der Waals surface area contributed by atoms with Crippen LogP contribution in [0.3, 0.4) is 0 Å². The number of rotatable bonds is 0. The van der Waals surface area contributed by atoms with Crippen molar-refractivity contribution in [2.45, 2.75) is 0 Å². The van der Waals surface area contributed by atoms with Gasteiger partial charge in [0.15, 0.2) is 0 Å². The SMILES string of the molecule is C1=CC2=[Se](O1)OC=C2. The van der Waals surface area contributed by atoms with Crippen molar-refractivity contribution in [1.82, 2.24) is 0 Å². The van der Waals surface area contributed by atoms with Gasteiger partial charge in [-0.25, -0.2) is 0 Å². The zero-order valence-electron chi connectivity index (χ0n) is 4.03. The fraction of sp³-hybridized carbons (Fsp3) is 0. The molecule has 0 aliphatic carbocycles. The molecule has 0 saturated carbocycles. The minimum absolute atomic E-state index is 1.23. The van der Waals surface area contributed by atoms with Crippen LogP contribution in [0.4, 0.5) is 0 Å². The second-order valence-corrected chi connectivity index (χ2v) is 4.22. The monoisotopic (exact) mass is 176 g/mol. The van der Waals surface area contributed by atoms with Crippen LogP contribution in [-0.2, 0) is 7.64 Å². The fourth-order valence-corrected chi connectivity index (χ4v) is 2.51. The summed E-state index contributed by atoms with van der Waals surface area (Å²) >= 11 is -1.23. The van der Waals surface area contributed by atoms with Gasteiger partial charge in [0.2, 0.25) is 0 Å². The molecule has 2 rings (SSSR count). The molecule has 0 radical (unpaired) electrons. The van der Waals surface area contributed by atoms with Gasteiger partial charge < -0.3 is 0 Å². The van der Waals surface area contributed by atoms with Gasteiger partial charge in [-0.3, -0.25) is 0 Å². The van der Waals surface area contributed by atoms with Crippen LogP contribution in [0, 0.1) is 0 Å². The summed E-state index contributed by atoms with van der Waals surface area (Å²) in [5, 5.41) is 0. The Balaban J connectivity index is 2.43. The van der Waals surface area contributed by atoms with Crippen molar-refractivity contribution in [2.75, 3.05) is 0 Å². The van der Waals surface area contributed by atoms with Crippen LogP contribution in [0.25, 0.3) is 0 Å². The molecule has 0 bridgehead atoms. The summed E-state index contributed by atoms with van der Waals surface area (Å²) in [4.78, 5) is 0. The minimum atomic E-state index is -1.23. The van der Waals surface area contributed by atoms with Gasteiger partial charge in [-0.1, -0.05) is 0 Å². The van der Waals surface area contributed by atoms with E-state index in [2.05, 4.69) is 0 Å². The standard InChI is InChI=1S/C5H4O2Se/c1-3-6-8-5(1)2-4-7-8/h1-4H. The Labute approximate surface area is 51.5 Å². The summed E-state index contributed by atoms with van der Waals surface area (Å²) in [6, 6.07) is 0. The van der Waals surface area contributed by atoms with Crippen molar-refractivity contribution < 1.29 is 7.64 Å². The van der Waals surface area contributed by atoms with E-state index < -0.39 is 14.1 Å². The van der Waals surface area contributed by atoms with Crippen molar-refractivity contribution in [3.05, 3.63) is 24.7 Å². The van der Waals surface area contributed by atoms with Gasteiger partial charge in [0, 0.05) is 0 Å². The second-order valence-electron chi connectivity index (χ2n) is 1.44. The van der Waals surface area contributed by atoms with E-state index in [9.17, 15) is 0 Å². The van der Waals surface area contributed by atoms with E-state index in [0.717, 1.165) is 0 Å². The molecule has 0 aromatic carbocycles. The van der Waals surface area contributed by atoms with Crippen LogP contribution >= 0.6 is 0 Å². The van der Waals surface area contributed by atoms with Crippen molar-refractivity contribution in [1.29, 1.82) is 0 Å². The molecule has 0 atom stereocenters. The van der Waals surface area contributed by atoms with Gasteiger partial charge in [-0.15, -0.1) is 0 Å². The van der Waals surface area contributed by atoms with Gasteiger partial charge in [0.05, 0.1) is 0 Å². The molecule has 2 aliphatic heterocycles. The van der Waals surface area contributed by atoms with Crippen LogP contribution < -0.4 is 0 Å². The molecule has 8 heavy (non-hydrogen) atoms. The van der Waals surface area contributed by atoms with Gasteiger partial charge >= 0.3 is 50.9 Å². The Hall–Kier alpha value is -0.531. The van der Waals surface area contributed by atoms with Gasteiger partial charge in [0.1, 0.15) is 0 Å². The van der Waals surface area contributed by atoms with Gasteiger partial charge in [-0.05, 0) is 0 Å². The third kappa shape index (κ3) is 0.457. The van der Waals surface area contributed by atoms with Crippen molar-refractivity contribution in [3.8, 4) is 0 Å². The fourth-order valence-electron chi connectivity index (χ4n) is 0.591. The molecule has 2 heterocycles. The molecular weight excluding hydrogens is 171 g/mol. The molecule has 0 aromatic heterocycles. The van der Waals surface area contributed by atoms with E-state index in [1.54, 1.807) is 12.5 Å². The first-order valence-electron chi connectivity index (χ1n) is 2.25. The Morgan fingerprint density at radius 3 is 2.25 bits per heavy atom. The molecule has 0 amide bonds. The molecule has 3 heteroatoms. The van der Waals surface area contributed by atoms with Crippen LogP contribution in [-0.4, -0.2) is 18.5 Å². The van der Waals surface area contributed by atoms with E-state index in [1.165, 1.54) is 4.42 Å². The first kappa shape index (κ1) is 4.36. The van der Waals surface area contributed by atoms with Crippen LogP contribution in [0.2, 0.25) is 0 Å². The molecule has 2 nitrogen and oxygen atoms in total. The third-order valence-corrected chi connectivity index (χ3v) is 3.52. The van der Waals surface area contributed by atoms with E-state index in [0.29, 0.717) is 0 Å². The first-order valence-corrected chi connectivity index (χ1v) is 4.51. The zero-order chi connectivity index (χ0) is 5.40. The zero-order valence-corrected chi connectivity index (χ0v) is 5.75. The first-order chi connectivity index (χ1) is 3.97. The van der Waals surface area contributed by atoms with E-state index in [4.69, 9.17) is 7.64 Å². The van der Waals surface area contributed by atoms with Crippen molar-refractivity contribution in [2.24, 2.45) is 0 Å². The predicted octanol–water partition coefficient (Wildman–Crippen LogP) is 0.316. The van der Waals surface area contributed by atoms with Crippen molar-refractivity contribution in [3.63, 3.8) is 0 Å². The normalized spacial score (nSPS) is 23.2. The molecule has 2 aliphatic rings. The molecule has 0 N–H and O–H groups in total. The Morgan fingerprint density at radius 1 is 1.12 bits per heavy atom. The molecule has 0 aromatic rings. The number of hydrogen-bond donors (Lipinski definition) is 0. The summed E-state index contributed by atoms with van der Waals surface area (Å²) in [7, 11) is 0. The van der Waals surface area contributed by atoms with E-state index in [-0.39, 0.29) is 0 Å². The van der Waals surface area contributed by atoms with E-state index in [1.807, 2.05) is 12.2 Å². The maximum absolute atomic E-state index is 5.10. The topological polar surface area (TPSA) is 18.5 Å². The van der Waals surface area contributed by atoms with Gasteiger partial charge in [0.25, 0.3) is 0 Å². The van der Waals surface area contributed by atoms with Crippen LogP contribution in [0.15, 0.2) is 24.7 Å². The molecule has 0 saturated heterocycles. The number of allylic oxidation sites excluding steroid dienone is 2. The molecule has 0 fully saturated rings. The quantitative estimate of drug-likeness (QED) is 0.493. The summed E-state index contributed by atoms with van der Waals surface area (Å²) < 4.78 is 11.4. The summed E-state index contributed by atoms with van der Waals surface area (Å²) in [5.74, 6) is 0. The molecular formula is C5H4O2Se. The molecule has 42 valence electrons. The average molecular weight is 175 g/mol. The van der Waals surface area contributed by atoms with Crippen LogP contribution in [0.1, 0.15) is 0 Å².